The smallest absolute Gasteiger partial charge is 0.255 e. The van der Waals surface area contributed by atoms with E-state index in [4.69, 9.17) is 15.2 Å². The maximum Gasteiger partial charge on any atom is 0.255 e. The first-order valence-corrected chi connectivity index (χ1v) is 11.9. The average Bonchev–Trinajstić information content (AvgIpc) is 3.58. The van der Waals surface area contributed by atoms with Gasteiger partial charge in [0.1, 0.15) is 17.0 Å². The molecule has 2 heterocycles. The van der Waals surface area contributed by atoms with Gasteiger partial charge in [0, 0.05) is 41.2 Å². The molecule has 2 aliphatic rings. The summed E-state index contributed by atoms with van der Waals surface area (Å²) in [4.78, 5) is 21.2. The van der Waals surface area contributed by atoms with Gasteiger partial charge in [-0.15, -0.1) is 12.4 Å². The fourth-order valence-corrected chi connectivity index (χ4v) is 4.69. The van der Waals surface area contributed by atoms with Crippen molar-refractivity contribution in [2.24, 2.45) is 11.7 Å². The molecule has 3 aromatic rings. The number of ether oxygens (including phenoxy) is 2. The molecule has 0 radical (unpaired) electrons. The lowest BCUT2D eigenvalue weighted by molar-refractivity contribution is 0.0927. The summed E-state index contributed by atoms with van der Waals surface area (Å²) in [6.07, 6.45) is 7.93. The fourth-order valence-electron chi connectivity index (χ4n) is 4.69. The highest BCUT2D eigenvalue weighted by Gasteiger charge is 2.26. The van der Waals surface area contributed by atoms with Crippen LogP contribution in [0, 0.1) is 12.8 Å². The Hall–Kier alpha value is -2.77. The molecule has 0 spiro atoms. The van der Waals surface area contributed by atoms with E-state index in [-0.39, 0.29) is 30.4 Å². The van der Waals surface area contributed by atoms with Crippen molar-refractivity contribution in [1.82, 2.24) is 15.3 Å². The number of hydrogen-bond donors (Lipinski definition) is 3. The number of fused-ring (bicyclic) bond motifs is 1. The van der Waals surface area contributed by atoms with Crippen molar-refractivity contribution >= 4 is 29.3 Å². The number of amides is 1. The third-order valence-corrected chi connectivity index (χ3v) is 6.86. The molecular formula is C26H33ClN4O3. The number of nitrogens with two attached hydrogens (primary N) is 1. The van der Waals surface area contributed by atoms with Crippen molar-refractivity contribution in [2.75, 3.05) is 13.7 Å². The first-order chi connectivity index (χ1) is 16.0. The Kier molecular flexibility index (Phi) is 7.33. The average molecular weight is 485 g/mol. The molecule has 0 bridgehead atoms. The highest BCUT2D eigenvalue weighted by Crippen LogP contribution is 2.39. The normalized spacial score (nSPS) is 20.0. The van der Waals surface area contributed by atoms with Crippen LogP contribution in [0.3, 0.4) is 0 Å². The summed E-state index contributed by atoms with van der Waals surface area (Å²) in [5.74, 6) is 2.10. The van der Waals surface area contributed by atoms with Gasteiger partial charge in [-0.05, 0) is 69.6 Å². The van der Waals surface area contributed by atoms with Gasteiger partial charge in [0.05, 0.1) is 24.8 Å². The minimum Gasteiger partial charge on any atom is -0.497 e. The minimum absolute atomic E-state index is 0. The molecule has 0 atom stereocenters. The Morgan fingerprint density at radius 1 is 1.15 bits per heavy atom. The Morgan fingerprint density at radius 3 is 2.62 bits per heavy atom. The van der Waals surface area contributed by atoms with Crippen LogP contribution in [0.1, 0.15) is 54.6 Å². The molecule has 0 unspecified atom stereocenters. The topological polar surface area (TPSA) is 102 Å². The zero-order valence-electron chi connectivity index (χ0n) is 19.7. The summed E-state index contributed by atoms with van der Waals surface area (Å²) in [6, 6.07) is 8.25. The second kappa shape index (κ2) is 10.2. The molecule has 8 heteroatoms. The molecule has 5 rings (SSSR count). The Bertz CT molecular complexity index is 1170. The number of aryl methyl sites for hydroxylation is 1. The predicted molar refractivity (Wildman–Crippen MR) is 136 cm³/mol. The molecule has 1 amide bonds. The van der Waals surface area contributed by atoms with Crippen molar-refractivity contribution < 1.29 is 14.3 Å². The van der Waals surface area contributed by atoms with Crippen molar-refractivity contribution in [2.45, 2.75) is 57.5 Å². The first-order valence-electron chi connectivity index (χ1n) is 11.9. The number of aromatic nitrogens is 2. The van der Waals surface area contributed by atoms with Gasteiger partial charge in [0.2, 0.25) is 0 Å². The summed E-state index contributed by atoms with van der Waals surface area (Å²) < 4.78 is 11.6. The third kappa shape index (κ3) is 5.00. The monoisotopic (exact) mass is 484 g/mol. The van der Waals surface area contributed by atoms with E-state index in [2.05, 4.69) is 15.3 Å². The van der Waals surface area contributed by atoms with Crippen LogP contribution in [0.5, 0.6) is 11.5 Å². The van der Waals surface area contributed by atoms with Crippen LogP contribution in [0.25, 0.3) is 22.2 Å². The van der Waals surface area contributed by atoms with Crippen LogP contribution in [0.2, 0.25) is 0 Å². The number of carbonyl (C=O) groups excluding carboxylic acids is 1. The van der Waals surface area contributed by atoms with E-state index in [9.17, 15) is 4.79 Å². The third-order valence-electron chi connectivity index (χ3n) is 6.86. The van der Waals surface area contributed by atoms with E-state index >= 15 is 0 Å². The standard InChI is InChI=1S/C26H32N4O3.ClH/c1-15-23(26(31)30-18-7-5-17(27)6-8-18)25-24(29-15)21(11-12-28-25)20-10-9-19(32-2)13-22(20)33-14-16-3-4-16;/h9-13,16-18,29H,3-8,14,27H2,1-2H3,(H,30,31);1H. The maximum atomic E-state index is 13.2. The zero-order chi connectivity index (χ0) is 22.9. The number of nitrogens with one attached hydrogen (secondary N) is 2. The Balaban J connectivity index is 0.00000274. The second-order valence-corrected chi connectivity index (χ2v) is 9.41. The Labute approximate surface area is 206 Å². The zero-order valence-corrected chi connectivity index (χ0v) is 20.5. The fraction of sp³-hybridized carbons (Fsp3) is 0.462. The number of hydrogen-bond acceptors (Lipinski definition) is 5. The van der Waals surface area contributed by atoms with Gasteiger partial charge >= 0.3 is 0 Å². The molecule has 2 aliphatic carbocycles. The number of methoxy groups -OCH3 is 1. The van der Waals surface area contributed by atoms with E-state index in [1.54, 1.807) is 13.3 Å². The van der Waals surface area contributed by atoms with Crippen LogP contribution >= 0.6 is 12.4 Å². The highest BCUT2D eigenvalue weighted by molar-refractivity contribution is 6.09. The summed E-state index contributed by atoms with van der Waals surface area (Å²) in [5, 5.41) is 3.20. The van der Waals surface area contributed by atoms with Gasteiger partial charge in [-0.1, -0.05) is 0 Å². The Morgan fingerprint density at radius 2 is 1.91 bits per heavy atom. The second-order valence-electron chi connectivity index (χ2n) is 9.41. The van der Waals surface area contributed by atoms with Gasteiger partial charge in [-0.25, -0.2) is 0 Å². The summed E-state index contributed by atoms with van der Waals surface area (Å²) in [5.41, 5.74) is 10.9. The number of benzene rings is 1. The lowest BCUT2D eigenvalue weighted by Gasteiger charge is -2.26. The first kappa shape index (κ1) is 24.4. The van der Waals surface area contributed by atoms with Gasteiger partial charge in [-0.2, -0.15) is 0 Å². The number of H-pyrrole nitrogens is 1. The van der Waals surface area contributed by atoms with E-state index in [0.717, 1.165) is 59.5 Å². The molecule has 34 heavy (non-hydrogen) atoms. The molecule has 4 N–H and O–H groups in total. The summed E-state index contributed by atoms with van der Waals surface area (Å²) in [6.45, 7) is 2.63. The van der Waals surface area contributed by atoms with E-state index in [1.807, 2.05) is 31.2 Å². The summed E-state index contributed by atoms with van der Waals surface area (Å²) in [7, 11) is 1.66. The quantitative estimate of drug-likeness (QED) is 0.448. The molecule has 182 valence electrons. The molecule has 2 fully saturated rings. The number of nitrogens with zero attached hydrogens (tertiary/aromatic N) is 1. The molecule has 2 aromatic heterocycles. The number of rotatable bonds is 7. The van der Waals surface area contributed by atoms with Crippen LogP contribution in [0.4, 0.5) is 0 Å². The maximum absolute atomic E-state index is 13.2. The van der Waals surface area contributed by atoms with E-state index in [1.165, 1.54) is 12.8 Å². The molecule has 0 aliphatic heterocycles. The lowest BCUT2D eigenvalue weighted by atomic mass is 9.91. The van der Waals surface area contributed by atoms with Crippen LogP contribution in [0.15, 0.2) is 30.5 Å². The van der Waals surface area contributed by atoms with Crippen molar-refractivity contribution in [3.8, 4) is 22.6 Å². The van der Waals surface area contributed by atoms with Gasteiger partial charge in [0.25, 0.3) is 5.91 Å². The van der Waals surface area contributed by atoms with E-state index < -0.39 is 0 Å². The molecule has 7 nitrogen and oxygen atoms in total. The summed E-state index contributed by atoms with van der Waals surface area (Å²) >= 11 is 0. The van der Waals surface area contributed by atoms with Crippen LogP contribution in [-0.2, 0) is 0 Å². The van der Waals surface area contributed by atoms with Crippen molar-refractivity contribution in [3.05, 3.63) is 41.7 Å². The van der Waals surface area contributed by atoms with Crippen molar-refractivity contribution in [3.63, 3.8) is 0 Å². The minimum atomic E-state index is -0.0798. The van der Waals surface area contributed by atoms with Gasteiger partial charge < -0.3 is 25.5 Å². The molecule has 0 saturated heterocycles. The molecular weight excluding hydrogens is 452 g/mol. The predicted octanol–water partition coefficient (Wildman–Crippen LogP) is 4.76. The number of carbonyl (C=O) groups is 1. The van der Waals surface area contributed by atoms with Crippen LogP contribution in [-0.4, -0.2) is 41.7 Å². The van der Waals surface area contributed by atoms with E-state index in [0.29, 0.717) is 23.6 Å². The largest absolute Gasteiger partial charge is 0.497 e. The lowest BCUT2D eigenvalue weighted by Crippen LogP contribution is -2.40. The van der Waals surface area contributed by atoms with Gasteiger partial charge in [0.15, 0.2) is 0 Å². The van der Waals surface area contributed by atoms with Crippen molar-refractivity contribution in [1.29, 1.82) is 0 Å². The number of aromatic amines is 1. The number of pyridine rings is 1. The van der Waals surface area contributed by atoms with Gasteiger partial charge in [-0.3, -0.25) is 9.78 Å². The number of halogens is 1. The molecule has 1 aromatic carbocycles. The SMILES string of the molecule is COc1ccc(-c2ccnc3c(C(=O)NC4CCC(N)CC4)c(C)[nH]c23)c(OCC2CC2)c1.Cl. The highest BCUT2D eigenvalue weighted by atomic mass is 35.5. The van der Waals surface area contributed by atoms with Crippen LogP contribution < -0.4 is 20.5 Å². The molecule has 2 saturated carbocycles.